The van der Waals surface area contributed by atoms with E-state index in [1.165, 1.54) is 11.1 Å². The van der Waals surface area contributed by atoms with Crippen molar-refractivity contribution in [1.82, 2.24) is 25.4 Å². The van der Waals surface area contributed by atoms with E-state index >= 15 is 0 Å². The van der Waals surface area contributed by atoms with Gasteiger partial charge in [-0.15, -0.1) is 10.2 Å². The number of benzene rings is 1. The van der Waals surface area contributed by atoms with Gasteiger partial charge in [0.2, 0.25) is 0 Å². The summed E-state index contributed by atoms with van der Waals surface area (Å²) in [5, 5.41) is 15.1. The summed E-state index contributed by atoms with van der Waals surface area (Å²) < 4.78 is 1.99. The molecule has 1 aromatic carbocycles. The summed E-state index contributed by atoms with van der Waals surface area (Å²) in [6, 6.07) is 8.35. The van der Waals surface area contributed by atoms with Crippen LogP contribution in [-0.4, -0.2) is 39.3 Å². The molecule has 2 aromatic rings. The fourth-order valence-corrected chi connectivity index (χ4v) is 2.75. The number of guanidine groups is 1. The first kappa shape index (κ1) is 19.3. The van der Waals surface area contributed by atoms with E-state index in [-0.39, 0.29) is 0 Å². The molecule has 0 saturated heterocycles. The van der Waals surface area contributed by atoms with Crippen molar-refractivity contribution in [2.45, 2.75) is 33.4 Å². The lowest BCUT2D eigenvalue weighted by Crippen LogP contribution is -2.38. The minimum absolute atomic E-state index is 0.597. The van der Waals surface area contributed by atoms with Crippen molar-refractivity contribution in [3.8, 4) is 0 Å². The van der Waals surface area contributed by atoms with Gasteiger partial charge in [0.05, 0.1) is 13.1 Å². The van der Waals surface area contributed by atoms with Crippen LogP contribution in [0.15, 0.2) is 29.3 Å². The second-order valence-electron chi connectivity index (χ2n) is 5.94. The van der Waals surface area contributed by atoms with Gasteiger partial charge < -0.3 is 15.2 Å². The van der Waals surface area contributed by atoms with Gasteiger partial charge in [-0.25, -0.2) is 4.99 Å². The number of aromatic nitrogens is 3. The average molecular weight is 361 g/mol. The molecule has 136 valence electrons. The Morgan fingerprint density at radius 3 is 2.68 bits per heavy atom. The third-order valence-electron chi connectivity index (χ3n) is 4.08. The fourth-order valence-electron chi connectivity index (χ4n) is 2.32. The van der Waals surface area contributed by atoms with Crippen LogP contribution < -0.4 is 10.6 Å². The maximum atomic E-state index is 4.73. The van der Waals surface area contributed by atoms with Gasteiger partial charge in [-0.2, -0.15) is 11.8 Å². The highest BCUT2D eigenvalue weighted by Gasteiger charge is 2.06. The Morgan fingerprint density at radius 1 is 1.20 bits per heavy atom. The van der Waals surface area contributed by atoms with Crippen LogP contribution in [0.5, 0.6) is 0 Å². The smallest absolute Gasteiger partial charge is 0.191 e. The predicted molar refractivity (Wildman–Crippen MR) is 106 cm³/mol. The molecule has 0 fully saturated rings. The lowest BCUT2D eigenvalue weighted by atomic mass is 10.1. The molecule has 0 bridgehead atoms. The molecule has 0 unspecified atom stereocenters. The third kappa shape index (κ3) is 6.08. The number of thioether (sulfide) groups is 1. The van der Waals surface area contributed by atoms with Crippen LogP contribution in [0.1, 0.15) is 29.2 Å². The molecule has 0 spiro atoms. The number of hydrogen-bond donors (Lipinski definition) is 2. The van der Waals surface area contributed by atoms with Gasteiger partial charge in [-0.1, -0.05) is 24.3 Å². The van der Waals surface area contributed by atoms with Crippen molar-refractivity contribution < 1.29 is 0 Å². The summed E-state index contributed by atoms with van der Waals surface area (Å²) in [7, 11) is 1.97. The maximum absolute atomic E-state index is 4.73. The number of hydrogen-bond acceptors (Lipinski definition) is 4. The summed E-state index contributed by atoms with van der Waals surface area (Å²) in [6.07, 6.45) is 3.23. The molecular formula is C18H28N6S. The molecule has 0 radical (unpaired) electrons. The lowest BCUT2D eigenvalue weighted by molar-refractivity contribution is 0.711. The first-order valence-electron chi connectivity index (χ1n) is 8.52. The van der Waals surface area contributed by atoms with E-state index in [9.17, 15) is 0 Å². The Bertz CT molecular complexity index is 695. The highest BCUT2D eigenvalue weighted by molar-refractivity contribution is 7.98. The first-order chi connectivity index (χ1) is 12.1. The molecule has 0 aliphatic heterocycles. The monoisotopic (exact) mass is 360 g/mol. The number of nitrogens with one attached hydrogen (secondary N) is 2. The molecule has 6 nitrogen and oxygen atoms in total. The Hall–Kier alpha value is -2.02. The minimum atomic E-state index is 0.597. The zero-order chi connectivity index (χ0) is 18.1. The van der Waals surface area contributed by atoms with Crippen molar-refractivity contribution in [2.75, 3.05) is 18.6 Å². The van der Waals surface area contributed by atoms with E-state index in [1.807, 2.05) is 30.3 Å². The second-order valence-corrected chi connectivity index (χ2v) is 6.93. The molecule has 25 heavy (non-hydrogen) atoms. The van der Waals surface area contributed by atoms with Crippen molar-refractivity contribution >= 4 is 17.7 Å². The van der Waals surface area contributed by atoms with E-state index in [2.05, 4.69) is 58.3 Å². The summed E-state index contributed by atoms with van der Waals surface area (Å²) in [5.74, 6) is 3.75. The molecular weight excluding hydrogens is 332 g/mol. The van der Waals surface area contributed by atoms with Crippen molar-refractivity contribution in [3.63, 3.8) is 0 Å². The van der Waals surface area contributed by atoms with Crippen LogP contribution in [0.4, 0.5) is 0 Å². The van der Waals surface area contributed by atoms with E-state index in [0.717, 1.165) is 36.3 Å². The van der Waals surface area contributed by atoms with Crippen LogP contribution in [-0.2, 0) is 20.1 Å². The quantitative estimate of drug-likeness (QED) is 0.430. The molecule has 0 amide bonds. The molecule has 1 heterocycles. The minimum Gasteiger partial charge on any atom is -0.356 e. The highest BCUT2D eigenvalue weighted by atomic mass is 32.2. The third-order valence-corrected chi connectivity index (χ3v) is 4.78. The first-order valence-corrected chi connectivity index (χ1v) is 9.91. The standard InChI is InChI=1S/C18H28N6S/c1-14-8-5-6-9-16(14)12-20-18(19-10-7-11-25-4)21-13-17-23-22-15(2)24(17)3/h5-6,8-9H,7,10-13H2,1-4H3,(H2,19,20,21). The molecule has 7 heteroatoms. The summed E-state index contributed by atoms with van der Waals surface area (Å²) >= 11 is 1.86. The van der Waals surface area contributed by atoms with Crippen LogP contribution in [0.25, 0.3) is 0 Å². The van der Waals surface area contributed by atoms with Crippen LogP contribution in [0, 0.1) is 13.8 Å². The molecule has 1 aromatic heterocycles. The van der Waals surface area contributed by atoms with Gasteiger partial charge >= 0.3 is 0 Å². The Morgan fingerprint density at radius 2 is 2.00 bits per heavy atom. The van der Waals surface area contributed by atoms with E-state index in [0.29, 0.717) is 13.1 Å². The highest BCUT2D eigenvalue weighted by Crippen LogP contribution is 2.08. The van der Waals surface area contributed by atoms with Gasteiger partial charge in [0.1, 0.15) is 5.82 Å². The van der Waals surface area contributed by atoms with Gasteiger partial charge in [0, 0.05) is 13.6 Å². The average Bonchev–Trinajstić information content (AvgIpc) is 2.93. The Balaban J connectivity index is 1.99. The van der Waals surface area contributed by atoms with Gasteiger partial charge in [-0.05, 0) is 43.4 Å². The zero-order valence-electron chi connectivity index (χ0n) is 15.5. The van der Waals surface area contributed by atoms with Crippen LogP contribution in [0.2, 0.25) is 0 Å². The Kier molecular flexibility index (Phi) is 7.78. The van der Waals surface area contributed by atoms with Crippen LogP contribution >= 0.6 is 11.8 Å². The second kappa shape index (κ2) is 10.1. The molecule has 0 aliphatic rings. The van der Waals surface area contributed by atoms with Crippen LogP contribution in [0.3, 0.4) is 0 Å². The molecule has 0 saturated carbocycles. The zero-order valence-corrected chi connectivity index (χ0v) is 16.4. The number of aryl methyl sites for hydroxylation is 2. The molecule has 0 atom stereocenters. The van der Waals surface area contributed by atoms with Gasteiger partial charge in [0.25, 0.3) is 0 Å². The van der Waals surface area contributed by atoms with E-state index in [4.69, 9.17) is 4.99 Å². The SMILES string of the molecule is CSCCCNC(=NCc1ccccc1C)NCc1nnc(C)n1C. The summed E-state index contributed by atoms with van der Waals surface area (Å²) in [4.78, 5) is 4.73. The number of rotatable bonds is 8. The fraction of sp³-hybridized carbons (Fsp3) is 0.500. The van der Waals surface area contributed by atoms with Crippen molar-refractivity contribution in [3.05, 3.63) is 47.0 Å². The van der Waals surface area contributed by atoms with E-state index < -0.39 is 0 Å². The van der Waals surface area contributed by atoms with Crippen molar-refractivity contribution in [1.29, 1.82) is 0 Å². The molecule has 2 rings (SSSR count). The predicted octanol–water partition coefficient (Wildman–Crippen LogP) is 2.42. The molecule has 0 aliphatic carbocycles. The summed E-state index contributed by atoms with van der Waals surface area (Å²) in [6.45, 7) is 6.22. The van der Waals surface area contributed by atoms with Gasteiger partial charge in [0.15, 0.2) is 11.8 Å². The van der Waals surface area contributed by atoms with Gasteiger partial charge in [-0.3, -0.25) is 0 Å². The van der Waals surface area contributed by atoms with E-state index in [1.54, 1.807) is 0 Å². The normalized spacial score (nSPS) is 11.6. The number of aliphatic imine (C=N–C) groups is 1. The lowest BCUT2D eigenvalue weighted by Gasteiger charge is -2.13. The van der Waals surface area contributed by atoms with Crippen molar-refractivity contribution in [2.24, 2.45) is 12.0 Å². The summed E-state index contributed by atoms with van der Waals surface area (Å²) in [5.41, 5.74) is 2.50. The topological polar surface area (TPSA) is 67.1 Å². The molecule has 2 N–H and O–H groups in total. The maximum Gasteiger partial charge on any atom is 0.191 e. The number of nitrogens with zero attached hydrogens (tertiary/aromatic N) is 4. The Labute approximate surface area is 154 Å². The largest absolute Gasteiger partial charge is 0.356 e.